The third-order valence-electron chi connectivity index (χ3n) is 5.93. The van der Waals surface area contributed by atoms with Crippen LogP contribution in [0.25, 0.3) is 11.0 Å². The van der Waals surface area contributed by atoms with Gasteiger partial charge in [-0.3, -0.25) is 9.59 Å². The molecule has 0 saturated carbocycles. The van der Waals surface area contributed by atoms with Crippen LogP contribution in [-0.2, 0) is 24.4 Å². The monoisotopic (exact) mass is 470 g/mol. The van der Waals surface area contributed by atoms with Gasteiger partial charge >= 0.3 is 0 Å². The molecule has 0 aliphatic rings. The van der Waals surface area contributed by atoms with Gasteiger partial charge in [0, 0.05) is 12.6 Å². The Hall–Kier alpha value is -4.13. The van der Waals surface area contributed by atoms with Crippen molar-refractivity contribution in [3.8, 4) is 5.75 Å². The minimum atomic E-state index is -0.264. The molecule has 4 rings (SSSR count). The van der Waals surface area contributed by atoms with Crippen LogP contribution in [0.5, 0.6) is 5.75 Å². The fourth-order valence-corrected chi connectivity index (χ4v) is 4.09. The quantitative estimate of drug-likeness (QED) is 0.393. The van der Waals surface area contributed by atoms with Gasteiger partial charge in [0.15, 0.2) is 0 Å². The van der Waals surface area contributed by atoms with Crippen LogP contribution < -0.4 is 10.1 Å². The van der Waals surface area contributed by atoms with Crippen LogP contribution in [0.4, 0.5) is 0 Å². The Morgan fingerprint density at radius 3 is 2.40 bits per heavy atom. The number of methoxy groups -OCH3 is 1. The molecule has 35 heavy (non-hydrogen) atoms. The molecule has 1 aromatic heterocycles. The summed E-state index contributed by atoms with van der Waals surface area (Å²) in [6.07, 6.45) is 0. The molecular formula is C28H30N4O3. The van der Waals surface area contributed by atoms with Gasteiger partial charge < -0.3 is 19.5 Å². The van der Waals surface area contributed by atoms with E-state index in [1.54, 1.807) is 18.2 Å². The van der Waals surface area contributed by atoms with Crippen molar-refractivity contribution in [1.82, 2.24) is 19.8 Å². The van der Waals surface area contributed by atoms with Crippen LogP contribution in [0, 0.1) is 0 Å². The molecule has 1 heterocycles. The molecule has 0 aliphatic carbocycles. The lowest BCUT2D eigenvalue weighted by atomic mass is 10.2. The fraction of sp³-hybridized carbons (Fsp3) is 0.250. The third-order valence-corrected chi connectivity index (χ3v) is 5.93. The van der Waals surface area contributed by atoms with Crippen molar-refractivity contribution in [3.05, 3.63) is 95.8 Å². The highest BCUT2D eigenvalue weighted by molar-refractivity contribution is 5.96. The van der Waals surface area contributed by atoms with Crippen LogP contribution in [0.1, 0.15) is 35.6 Å². The molecule has 0 spiro atoms. The second-order valence-corrected chi connectivity index (χ2v) is 8.59. The van der Waals surface area contributed by atoms with E-state index in [1.165, 1.54) is 7.11 Å². The van der Waals surface area contributed by atoms with E-state index in [0.717, 1.165) is 16.6 Å². The zero-order chi connectivity index (χ0) is 24.8. The summed E-state index contributed by atoms with van der Waals surface area (Å²) < 4.78 is 7.20. The Bertz CT molecular complexity index is 1310. The van der Waals surface area contributed by atoms with Gasteiger partial charge in [-0.05, 0) is 43.7 Å². The first-order valence-corrected chi connectivity index (χ1v) is 11.7. The number of carbonyl (C=O) groups is 2. The summed E-state index contributed by atoms with van der Waals surface area (Å²) in [5, 5.41) is 2.93. The lowest BCUT2D eigenvalue weighted by molar-refractivity contribution is -0.134. The maximum atomic E-state index is 13.5. The minimum Gasteiger partial charge on any atom is -0.496 e. The van der Waals surface area contributed by atoms with E-state index in [4.69, 9.17) is 9.72 Å². The Labute approximate surface area is 205 Å². The highest BCUT2D eigenvalue weighted by Gasteiger charge is 2.21. The second-order valence-electron chi connectivity index (χ2n) is 8.59. The molecule has 0 saturated heterocycles. The van der Waals surface area contributed by atoms with Crippen LogP contribution in [0.3, 0.4) is 0 Å². The van der Waals surface area contributed by atoms with Gasteiger partial charge in [0.05, 0.1) is 30.3 Å². The molecule has 0 fully saturated rings. The van der Waals surface area contributed by atoms with Gasteiger partial charge in [0.25, 0.3) is 5.91 Å². The number of aromatic nitrogens is 2. The summed E-state index contributed by atoms with van der Waals surface area (Å²) in [5.41, 5.74) is 3.16. The normalized spacial score (nSPS) is 11.0. The number of amides is 2. The first kappa shape index (κ1) is 24.0. The van der Waals surface area contributed by atoms with E-state index in [1.807, 2.05) is 84.0 Å². The average molecular weight is 471 g/mol. The standard InChI is InChI=1S/C28H30N4O3/c1-20(2)31(18-21-11-5-4-6-12-21)27(33)19-32-24-15-9-8-14-23(24)30-26(32)17-29-28(34)22-13-7-10-16-25(22)35-3/h4-16,20H,17-19H2,1-3H3,(H,29,34). The van der Waals surface area contributed by atoms with E-state index < -0.39 is 0 Å². The van der Waals surface area contributed by atoms with E-state index in [-0.39, 0.29) is 30.9 Å². The summed E-state index contributed by atoms with van der Waals surface area (Å²) >= 11 is 0. The highest BCUT2D eigenvalue weighted by Crippen LogP contribution is 2.20. The maximum Gasteiger partial charge on any atom is 0.255 e. The van der Waals surface area contributed by atoms with Gasteiger partial charge in [-0.1, -0.05) is 54.6 Å². The lowest BCUT2D eigenvalue weighted by Crippen LogP contribution is -2.39. The van der Waals surface area contributed by atoms with Crippen molar-refractivity contribution in [3.63, 3.8) is 0 Å². The van der Waals surface area contributed by atoms with Crippen LogP contribution >= 0.6 is 0 Å². The molecule has 0 atom stereocenters. The van der Waals surface area contributed by atoms with Gasteiger partial charge in [-0.25, -0.2) is 4.98 Å². The number of rotatable bonds is 9. The van der Waals surface area contributed by atoms with E-state index in [0.29, 0.717) is 23.7 Å². The predicted octanol–water partition coefficient (Wildman–Crippen LogP) is 4.41. The lowest BCUT2D eigenvalue weighted by Gasteiger charge is -2.27. The number of carbonyl (C=O) groups excluding carboxylic acids is 2. The van der Waals surface area contributed by atoms with Crippen LogP contribution in [-0.4, -0.2) is 39.4 Å². The molecule has 2 amide bonds. The fourth-order valence-electron chi connectivity index (χ4n) is 4.09. The van der Waals surface area contributed by atoms with Crippen molar-refractivity contribution in [2.24, 2.45) is 0 Å². The number of nitrogens with one attached hydrogen (secondary N) is 1. The maximum absolute atomic E-state index is 13.5. The molecular weight excluding hydrogens is 440 g/mol. The molecule has 0 bridgehead atoms. The van der Waals surface area contributed by atoms with Crippen molar-refractivity contribution in [2.45, 2.75) is 39.5 Å². The van der Waals surface area contributed by atoms with E-state index >= 15 is 0 Å². The van der Waals surface area contributed by atoms with Crippen molar-refractivity contribution >= 4 is 22.8 Å². The van der Waals surface area contributed by atoms with Crippen molar-refractivity contribution < 1.29 is 14.3 Å². The molecule has 7 heteroatoms. The molecule has 0 radical (unpaired) electrons. The smallest absolute Gasteiger partial charge is 0.255 e. The Morgan fingerprint density at radius 1 is 0.971 bits per heavy atom. The predicted molar refractivity (Wildman–Crippen MR) is 136 cm³/mol. The average Bonchev–Trinajstić information content (AvgIpc) is 3.23. The highest BCUT2D eigenvalue weighted by atomic mass is 16.5. The van der Waals surface area contributed by atoms with Gasteiger partial charge in [-0.15, -0.1) is 0 Å². The minimum absolute atomic E-state index is 0.00990. The molecule has 180 valence electrons. The largest absolute Gasteiger partial charge is 0.496 e. The molecule has 0 aliphatic heterocycles. The number of hydrogen-bond donors (Lipinski definition) is 1. The summed E-state index contributed by atoms with van der Waals surface area (Å²) in [4.78, 5) is 32.9. The molecule has 0 unspecified atom stereocenters. The third kappa shape index (κ3) is 5.51. The molecule has 4 aromatic rings. The first-order chi connectivity index (χ1) is 17.0. The summed E-state index contributed by atoms with van der Waals surface area (Å²) in [5.74, 6) is 0.845. The second kappa shape index (κ2) is 10.9. The van der Waals surface area contributed by atoms with E-state index in [2.05, 4.69) is 5.32 Å². The van der Waals surface area contributed by atoms with Crippen LogP contribution in [0.15, 0.2) is 78.9 Å². The number of hydrogen-bond acceptors (Lipinski definition) is 4. The van der Waals surface area contributed by atoms with E-state index in [9.17, 15) is 9.59 Å². The first-order valence-electron chi connectivity index (χ1n) is 11.7. The number of fused-ring (bicyclic) bond motifs is 1. The Balaban J connectivity index is 1.57. The van der Waals surface area contributed by atoms with Gasteiger partial charge in [-0.2, -0.15) is 0 Å². The van der Waals surface area contributed by atoms with Crippen LogP contribution in [0.2, 0.25) is 0 Å². The topological polar surface area (TPSA) is 76.5 Å². The van der Waals surface area contributed by atoms with Gasteiger partial charge in [0.1, 0.15) is 18.1 Å². The SMILES string of the molecule is COc1ccccc1C(=O)NCc1nc2ccccc2n1CC(=O)N(Cc1ccccc1)C(C)C. The van der Waals surface area contributed by atoms with Crippen molar-refractivity contribution in [2.75, 3.05) is 7.11 Å². The summed E-state index contributed by atoms with van der Waals surface area (Å²) in [6.45, 7) is 4.87. The zero-order valence-corrected chi connectivity index (χ0v) is 20.3. The Kier molecular flexibility index (Phi) is 7.45. The number of imidazole rings is 1. The summed E-state index contributed by atoms with van der Waals surface area (Å²) in [7, 11) is 1.53. The Morgan fingerprint density at radius 2 is 1.66 bits per heavy atom. The molecule has 3 aromatic carbocycles. The number of nitrogens with zero attached hydrogens (tertiary/aromatic N) is 3. The molecule has 7 nitrogen and oxygen atoms in total. The number of para-hydroxylation sites is 3. The van der Waals surface area contributed by atoms with Gasteiger partial charge in [0.2, 0.25) is 5.91 Å². The number of ether oxygens (including phenoxy) is 1. The molecule has 1 N–H and O–H groups in total. The number of benzene rings is 3. The van der Waals surface area contributed by atoms with Crippen molar-refractivity contribution in [1.29, 1.82) is 0 Å². The summed E-state index contributed by atoms with van der Waals surface area (Å²) in [6, 6.07) is 24.7. The zero-order valence-electron chi connectivity index (χ0n) is 20.3.